The molecule has 0 saturated heterocycles. The molecule has 0 spiro atoms. The van der Waals surface area contributed by atoms with E-state index < -0.39 is 33.7 Å². The molecule has 0 amide bonds. The number of aromatic amines is 1. The summed E-state index contributed by atoms with van der Waals surface area (Å²) >= 11 is 5.42. The number of methoxy groups -OCH3 is 1. The van der Waals surface area contributed by atoms with E-state index in [2.05, 4.69) is 4.98 Å². The molecule has 5 nitrogen and oxygen atoms in total. The number of rotatable bonds is 2. The van der Waals surface area contributed by atoms with Gasteiger partial charge in [0.15, 0.2) is 5.15 Å². The number of ether oxygens (including phenoxy) is 1. The van der Waals surface area contributed by atoms with Crippen molar-refractivity contribution in [3.8, 4) is 0 Å². The van der Waals surface area contributed by atoms with Crippen LogP contribution >= 0.6 is 11.6 Å². The molecule has 1 heterocycles. The molecular weight excluding hydrogens is 263 g/mol. The van der Waals surface area contributed by atoms with E-state index in [0.29, 0.717) is 6.42 Å². The minimum Gasteiger partial charge on any atom is -0.381 e. The molecule has 18 heavy (non-hydrogen) atoms. The van der Waals surface area contributed by atoms with Crippen LogP contribution in [0.5, 0.6) is 0 Å². The van der Waals surface area contributed by atoms with Gasteiger partial charge in [-0.2, -0.15) is 4.39 Å². The van der Waals surface area contributed by atoms with Gasteiger partial charge in [-0.25, -0.2) is 4.79 Å². The van der Waals surface area contributed by atoms with Crippen molar-refractivity contribution in [1.82, 2.24) is 9.55 Å². The standard InChI is InChI=1S/C11H14ClFN2O3/c1-11(2)5(4-6(11)18-3)15-9(16)7(13)8(12)14-10(15)17/h5-6H,4H2,1-3H3,(H,14,17). The second kappa shape index (κ2) is 4.20. The van der Waals surface area contributed by atoms with Crippen LogP contribution in [-0.4, -0.2) is 22.8 Å². The third kappa shape index (κ3) is 1.71. The van der Waals surface area contributed by atoms with E-state index in [1.165, 1.54) is 0 Å². The normalized spacial score (nSPS) is 25.8. The number of hydrogen-bond donors (Lipinski definition) is 1. The van der Waals surface area contributed by atoms with Gasteiger partial charge in [-0.1, -0.05) is 25.4 Å². The van der Waals surface area contributed by atoms with Crippen LogP contribution in [0, 0.1) is 11.2 Å². The molecule has 7 heteroatoms. The first-order valence-corrected chi connectivity index (χ1v) is 5.91. The number of nitrogens with one attached hydrogen (secondary N) is 1. The van der Waals surface area contributed by atoms with Crippen molar-refractivity contribution in [3.63, 3.8) is 0 Å². The average molecular weight is 277 g/mol. The Labute approximate surface area is 108 Å². The minimum atomic E-state index is -1.13. The third-order valence-electron chi connectivity index (χ3n) is 3.76. The first-order valence-electron chi connectivity index (χ1n) is 5.53. The van der Waals surface area contributed by atoms with Crippen molar-refractivity contribution in [2.24, 2.45) is 5.41 Å². The summed E-state index contributed by atoms with van der Waals surface area (Å²) in [6, 6.07) is -0.398. The second-order valence-electron chi connectivity index (χ2n) is 5.03. The van der Waals surface area contributed by atoms with Crippen molar-refractivity contribution in [2.45, 2.75) is 32.4 Å². The zero-order chi connectivity index (χ0) is 13.7. The zero-order valence-electron chi connectivity index (χ0n) is 10.3. The molecule has 1 aliphatic carbocycles. The van der Waals surface area contributed by atoms with Gasteiger partial charge in [-0.3, -0.25) is 14.3 Å². The van der Waals surface area contributed by atoms with Crippen LogP contribution in [0.4, 0.5) is 4.39 Å². The van der Waals surface area contributed by atoms with E-state index in [0.717, 1.165) is 4.57 Å². The molecule has 1 N–H and O–H groups in total. The predicted octanol–water partition coefficient (Wildman–Crippen LogP) is 1.32. The molecular formula is C11H14ClFN2O3. The maximum atomic E-state index is 13.5. The summed E-state index contributed by atoms with van der Waals surface area (Å²) in [5, 5.41) is -0.554. The van der Waals surface area contributed by atoms with Crippen LogP contribution in [0.2, 0.25) is 5.15 Å². The Morgan fingerprint density at radius 1 is 1.50 bits per heavy atom. The van der Waals surface area contributed by atoms with Crippen LogP contribution in [0.3, 0.4) is 0 Å². The number of H-pyrrole nitrogens is 1. The average Bonchev–Trinajstić information content (AvgIpc) is 2.30. The number of nitrogens with zero attached hydrogens (tertiary/aromatic N) is 1. The fourth-order valence-corrected chi connectivity index (χ4v) is 2.65. The number of aromatic nitrogens is 2. The summed E-state index contributed by atoms with van der Waals surface area (Å²) in [5.41, 5.74) is -2.10. The highest BCUT2D eigenvalue weighted by Gasteiger charge is 2.50. The predicted molar refractivity (Wildman–Crippen MR) is 64.5 cm³/mol. The van der Waals surface area contributed by atoms with Gasteiger partial charge in [0.25, 0.3) is 5.56 Å². The van der Waals surface area contributed by atoms with E-state index in [4.69, 9.17) is 16.3 Å². The van der Waals surface area contributed by atoms with Crippen LogP contribution in [0.1, 0.15) is 26.3 Å². The van der Waals surface area contributed by atoms with Crippen LogP contribution in [-0.2, 0) is 4.74 Å². The SMILES string of the molecule is COC1CC(n2c(=O)[nH]c(Cl)c(F)c2=O)C1(C)C. The molecule has 0 aliphatic heterocycles. The maximum Gasteiger partial charge on any atom is 0.329 e. The first-order chi connectivity index (χ1) is 8.30. The van der Waals surface area contributed by atoms with Crippen molar-refractivity contribution < 1.29 is 9.13 Å². The summed E-state index contributed by atoms with van der Waals surface area (Å²) in [4.78, 5) is 25.6. The van der Waals surface area contributed by atoms with Crippen molar-refractivity contribution in [2.75, 3.05) is 7.11 Å². The summed E-state index contributed by atoms with van der Waals surface area (Å²) in [5.74, 6) is -1.13. The van der Waals surface area contributed by atoms with Gasteiger partial charge in [0.2, 0.25) is 5.82 Å². The third-order valence-corrected chi connectivity index (χ3v) is 4.02. The van der Waals surface area contributed by atoms with E-state index in [1.54, 1.807) is 7.11 Å². The van der Waals surface area contributed by atoms with Gasteiger partial charge in [0, 0.05) is 12.5 Å². The number of halogens is 2. The number of hydrogen-bond acceptors (Lipinski definition) is 3. The lowest BCUT2D eigenvalue weighted by atomic mass is 9.64. The summed E-state index contributed by atoms with van der Waals surface area (Å²) < 4.78 is 19.6. The monoisotopic (exact) mass is 276 g/mol. The van der Waals surface area contributed by atoms with Gasteiger partial charge in [0.05, 0.1) is 12.1 Å². The largest absolute Gasteiger partial charge is 0.381 e. The highest BCUT2D eigenvalue weighted by molar-refractivity contribution is 6.29. The second-order valence-corrected chi connectivity index (χ2v) is 5.41. The molecule has 2 rings (SSSR count). The molecule has 1 fully saturated rings. The van der Waals surface area contributed by atoms with Crippen molar-refractivity contribution in [3.05, 3.63) is 31.8 Å². The molecule has 1 aromatic rings. The van der Waals surface area contributed by atoms with Crippen molar-refractivity contribution >= 4 is 11.6 Å². The Hall–Kier alpha value is -1.14. The van der Waals surface area contributed by atoms with E-state index in [1.807, 2.05) is 13.8 Å². The highest BCUT2D eigenvalue weighted by atomic mass is 35.5. The molecule has 0 aromatic carbocycles. The lowest BCUT2D eigenvalue weighted by molar-refractivity contribution is -0.115. The van der Waals surface area contributed by atoms with E-state index in [-0.39, 0.29) is 6.10 Å². The minimum absolute atomic E-state index is 0.0625. The maximum absolute atomic E-state index is 13.5. The van der Waals surface area contributed by atoms with E-state index >= 15 is 0 Å². The van der Waals surface area contributed by atoms with E-state index in [9.17, 15) is 14.0 Å². The van der Waals surface area contributed by atoms with Gasteiger partial charge in [0.1, 0.15) is 0 Å². The Morgan fingerprint density at radius 2 is 2.11 bits per heavy atom. The summed E-state index contributed by atoms with van der Waals surface area (Å²) in [6.07, 6.45) is 0.431. The van der Waals surface area contributed by atoms with Gasteiger partial charge < -0.3 is 4.74 Å². The summed E-state index contributed by atoms with van der Waals surface area (Å²) in [6.45, 7) is 3.74. The lowest BCUT2D eigenvalue weighted by Crippen LogP contribution is -2.57. The highest BCUT2D eigenvalue weighted by Crippen LogP contribution is 2.49. The molecule has 0 bridgehead atoms. The first kappa shape index (κ1) is 13.3. The Bertz CT molecular complexity index is 593. The molecule has 1 aromatic heterocycles. The van der Waals surface area contributed by atoms with Crippen LogP contribution in [0.15, 0.2) is 9.59 Å². The Morgan fingerprint density at radius 3 is 2.61 bits per heavy atom. The molecule has 2 atom stereocenters. The van der Waals surface area contributed by atoms with Gasteiger partial charge in [-0.15, -0.1) is 0 Å². The molecule has 100 valence electrons. The van der Waals surface area contributed by atoms with Crippen molar-refractivity contribution in [1.29, 1.82) is 0 Å². The fourth-order valence-electron chi connectivity index (χ4n) is 2.49. The quantitative estimate of drug-likeness (QED) is 0.829. The molecule has 0 radical (unpaired) electrons. The van der Waals surface area contributed by atoms with Crippen LogP contribution in [0.25, 0.3) is 0 Å². The smallest absolute Gasteiger partial charge is 0.329 e. The van der Waals surface area contributed by atoms with Crippen LogP contribution < -0.4 is 11.2 Å². The topological polar surface area (TPSA) is 64.1 Å². The molecule has 2 unspecified atom stereocenters. The van der Waals surface area contributed by atoms with Gasteiger partial charge >= 0.3 is 5.69 Å². The Kier molecular flexibility index (Phi) is 3.11. The zero-order valence-corrected chi connectivity index (χ0v) is 11.0. The van der Waals surface area contributed by atoms with Gasteiger partial charge in [-0.05, 0) is 6.42 Å². The Balaban J connectivity index is 2.53. The molecule has 1 saturated carbocycles. The fraction of sp³-hybridized carbons (Fsp3) is 0.636. The lowest BCUT2D eigenvalue weighted by Gasteiger charge is -2.51. The molecule has 1 aliphatic rings. The summed E-state index contributed by atoms with van der Waals surface area (Å²) in [7, 11) is 1.57.